The second-order valence-corrected chi connectivity index (χ2v) is 7.01. The molecule has 2 rings (SSSR count). The number of rotatable bonds is 3. The van der Waals surface area contributed by atoms with E-state index in [4.69, 9.17) is 9.84 Å². The maximum atomic E-state index is 12.2. The minimum Gasteiger partial charge on any atom is -0.481 e. The van der Waals surface area contributed by atoms with Crippen molar-refractivity contribution in [3.63, 3.8) is 0 Å². The van der Waals surface area contributed by atoms with E-state index in [2.05, 4.69) is 0 Å². The lowest BCUT2D eigenvalue weighted by atomic mass is 10.1. The molecule has 2 atom stereocenters. The van der Waals surface area contributed by atoms with Crippen LogP contribution in [0.25, 0.3) is 0 Å². The molecule has 2 amide bonds. The Morgan fingerprint density at radius 2 is 2.05 bits per heavy atom. The summed E-state index contributed by atoms with van der Waals surface area (Å²) in [5.74, 6) is -1.72. The highest BCUT2D eigenvalue weighted by Gasteiger charge is 2.39. The lowest BCUT2D eigenvalue weighted by Gasteiger charge is -2.30. The summed E-state index contributed by atoms with van der Waals surface area (Å²) in [5.41, 5.74) is -0.553. The summed E-state index contributed by atoms with van der Waals surface area (Å²) >= 11 is 0. The number of carbonyl (C=O) groups is 3. The number of carboxylic acid groups (broad SMARTS) is 1. The van der Waals surface area contributed by atoms with Crippen molar-refractivity contribution < 1.29 is 24.2 Å². The Bertz CT molecular complexity index is 471. The van der Waals surface area contributed by atoms with Gasteiger partial charge < -0.3 is 19.6 Å². The molecule has 0 aromatic rings. The van der Waals surface area contributed by atoms with E-state index in [1.165, 1.54) is 0 Å². The van der Waals surface area contributed by atoms with Crippen LogP contribution in [0.2, 0.25) is 0 Å². The van der Waals surface area contributed by atoms with Crippen molar-refractivity contribution in [2.75, 3.05) is 19.6 Å². The number of nitrogens with zero attached hydrogens (tertiary/aromatic N) is 2. The van der Waals surface area contributed by atoms with Crippen LogP contribution in [-0.2, 0) is 14.3 Å². The van der Waals surface area contributed by atoms with Crippen molar-refractivity contribution in [3.8, 4) is 0 Å². The van der Waals surface area contributed by atoms with Gasteiger partial charge in [-0.2, -0.15) is 0 Å². The molecule has 124 valence electrons. The average molecular weight is 312 g/mol. The maximum Gasteiger partial charge on any atom is 0.410 e. The third-order valence-corrected chi connectivity index (χ3v) is 4.00. The minimum atomic E-state index is -0.939. The van der Waals surface area contributed by atoms with Gasteiger partial charge in [0.25, 0.3) is 0 Å². The number of carboxylic acids is 1. The van der Waals surface area contributed by atoms with Crippen molar-refractivity contribution in [3.05, 3.63) is 0 Å². The third-order valence-electron chi connectivity index (χ3n) is 4.00. The van der Waals surface area contributed by atoms with Crippen molar-refractivity contribution in [2.45, 2.75) is 51.7 Å². The van der Waals surface area contributed by atoms with E-state index in [1.54, 1.807) is 9.80 Å². The number of carbonyl (C=O) groups excluding carboxylic acids is 2. The predicted molar refractivity (Wildman–Crippen MR) is 78.3 cm³/mol. The maximum absolute atomic E-state index is 12.2. The first-order chi connectivity index (χ1) is 10.2. The molecule has 7 heteroatoms. The van der Waals surface area contributed by atoms with Crippen molar-refractivity contribution in [1.82, 2.24) is 9.80 Å². The van der Waals surface area contributed by atoms with Crippen LogP contribution in [0.15, 0.2) is 0 Å². The molecule has 22 heavy (non-hydrogen) atoms. The summed E-state index contributed by atoms with van der Waals surface area (Å²) in [6.45, 7) is 6.69. The molecule has 2 aliphatic rings. The second kappa shape index (κ2) is 6.14. The Morgan fingerprint density at radius 3 is 2.59 bits per heavy atom. The van der Waals surface area contributed by atoms with Gasteiger partial charge in [0.2, 0.25) is 5.91 Å². The van der Waals surface area contributed by atoms with Crippen LogP contribution in [0.3, 0.4) is 0 Å². The Kier molecular flexibility index (Phi) is 4.63. The van der Waals surface area contributed by atoms with E-state index in [1.807, 2.05) is 20.8 Å². The number of aliphatic carboxylic acids is 1. The topological polar surface area (TPSA) is 87.2 Å². The van der Waals surface area contributed by atoms with E-state index < -0.39 is 17.5 Å². The monoisotopic (exact) mass is 312 g/mol. The highest BCUT2D eigenvalue weighted by atomic mass is 16.6. The number of hydrogen-bond acceptors (Lipinski definition) is 4. The zero-order valence-electron chi connectivity index (χ0n) is 13.4. The summed E-state index contributed by atoms with van der Waals surface area (Å²) in [4.78, 5) is 38.3. The summed E-state index contributed by atoms with van der Waals surface area (Å²) < 4.78 is 5.39. The summed E-state index contributed by atoms with van der Waals surface area (Å²) in [5, 5.41) is 9.01. The van der Waals surface area contributed by atoms with Crippen molar-refractivity contribution in [1.29, 1.82) is 0 Å². The highest BCUT2D eigenvalue weighted by Crippen LogP contribution is 2.25. The lowest BCUT2D eigenvalue weighted by Crippen LogP contribution is -2.45. The first-order valence-corrected chi connectivity index (χ1v) is 7.67. The second-order valence-electron chi connectivity index (χ2n) is 7.01. The highest BCUT2D eigenvalue weighted by molar-refractivity contribution is 5.86. The molecule has 7 nitrogen and oxygen atoms in total. The number of amides is 2. The van der Waals surface area contributed by atoms with Gasteiger partial charge in [0.1, 0.15) is 5.60 Å². The molecule has 2 unspecified atom stereocenters. The molecule has 2 aliphatic heterocycles. The van der Waals surface area contributed by atoms with E-state index >= 15 is 0 Å². The number of likely N-dealkylation sites (tertiary alicyclic amines) is 2. The molecule has 0 spiro atoms. The van der Waals surface area contributed by atoms with Crippen molar-refractivity contribution >= 4 is 18.0 Å². The zero-order chi connectivity index (χ0) is 16.5. The van der Waals surface area contributed by atoms with Gasteiger partial charge in [0, 0.05) is 26.1 Å². The van der Waals surface area contributed by atoms with Gasteiger partial charge in [-0.1, -0.05) is 0 Å². The van der Waals surface area contributed by atoms with Gasteiger partial charge in [0.15, 0.2) is 0 Å². The van der Waals surface area contributed by atoms with Gasteiger partial charge in [-0.3, -0.25) is 9.59 Å². The SMILES string of the molecule is CC(C)(C)OC(=O)N1CCCC1CN1CC(C(=O)O)CC1=O. The van der Waals surface area contributed by atoms with Crippen LogP contribution in [0.1, 0.15) is 40.0 Å². The fourth-order valence-electron chi connectivity index (χ4n) is 2.95. The molecule has 0 aromatic carbocycles. The fraction of sp³-hybridized carbons (Fsp3) is 0.800. The fourth-order valence-corrected chi connectivity index (χ4v) is 2.95. The molecule has 0 aliphatic carbocycles. The number of hydrogen-bond donors (Lipinski definition) is 1. The van der Waals surface area contributed by atoms with Crippen LogP contribution in [0.5, 0.6) is 0 Å². The summed E-state index contributed by atoms with van der Waals surface area (Å²) in [6, 6.07) is -0.0913. The first-order valence-electron chi connectivity index (χ1n) is 7.67. The Balaban J connectivity index is 1.96. The minimum absolute atomic E-state index is 0.0501. The molecule has 0 bridgehead atoms. The Labute approximate surface area is 130 Å². The van der Waals surface area contributed by atoms with Gasteiger partial charge in [-0.05, 0) is 33.6 Å². The quantitative estimate of drug-likeness (QED) is 0.849. The number of ether oxygens (including phenoxy) is 1. The molecular weight excluding hydrogens is 288 g/mol. The average Bonchev–Trinajstić information content (AvgIpc) is 2.95. The summed E-state index contributed by atoms with van der Waals surface area (Å²) in [6.07, 6.45) is 1.36. The van der Waals surface area contributed by atoms with Gasteiger partial charge in [0.05, 0.1) is 12.0 Å². The zero-order valence-corrected chi connectivity index (χ0v) is 13.4. The molecule has 0 aromatic heterocycles. The van der Waals surface area contributed by atoms with Crippen LogP contribution in [-0.4, -0.2) is 64.2 Å². The molecule has 0 saturated carbocycles. The Morgan fingerprint density at radius 1 is 1.36 bits per heavy atom. The summed E-state index contributed by atoms with van der Waals surface area (Å²) in [7, 11) is 0. The van der Waals surface area contributed by atoms with Crippen LogP contribution in [0, 0.1) is 5.92 Å². The van der Waals surface area contributed by atoms with E-state index in [0.717, 1.165) is 12.8 Å². The molecule has 2 saturated heterocycles. The predicted octanol–water partition coefficient (Wildman–Crippen LogP) is 1.32. The van der Waals surface area contributed by atoms with Gasteiger partial charge in [-0.25, -0.2) is 4.79 Å². The standard InChI is InChI=1S/C15H24N2O5/c1-15(2,3)22-14(21)17-6-4-5-11(17)9-16-8-10(13(19)20)7-12(16)18/h10-11H,4-9H2,1-3H3,(H,19,20). The van der Waals surface area contributed by atoms with E-state index in [9.17, 15) is 14.4 Å². The first kappa shape index (κ1) is 16.6. The Hall–Kier alpha value is -1.79. The lowest BCUT2D eigenvalue weighted by molar-refractivity contribution is -0.141. The van der Waals surface area contributed by atoms with Crippen LogP contribution < -0.4 is 0 Å². The smallest absolute Gasteiger partial charge is 0.410 e. The van der Waals surface area contributed by atoms with E-state index in [-0.39, 0.29) is 31.0 Å². The molecule has 1 N–H and O–H groups in total. The molecule has 0 radical (unpaired) electrons. The van der Waals surface area contributed by atoms with Crippen LogP contribution >= 0.6 is 0 Å². The van der Waals surface area contributed by atoms with Crippen LogP contribution in [0.4, 0.5) is 4.79 Å². The van der Waals surface area contributed by atoms with E-state index in [0.29, 0.717) is 13.1 Å². The van der Waals surface area contributed by atoms with Crippen molar-refractivity contribution in [2.24, 2.45) is 5.92 Å². The molecular formula is C15H24N2O5. The normalized spacial score (nSPS) is 25.7. The largest absolute Gasteiger partial charge is 0.481 e. The molecule has 2 fully saturated rings. The van der Waals surface area contributed by atoms with Gasteiger partial charge in [-0.15, -0.1) is 0 Å². The third kappa shape index (κ3) is 3.90. The molecule has 2 heterocycles. The van der Waals surface area contributed by atoms with Gasteiger partial charge >= 0.3 is 12.1 Å².